The molecule has 1 aliphatic carbocycles. The summed E-state index contributed by atoms with van der Waals surface area (Å²) in [4.78, 5) is 0. The molecule has 2 heterocycles. The van der Waals surface area contributed by atoms with Crippen molar-refractivity contribution in [3.05, 3.63) is 5.69 Å². The quantitative estimate of drug-likeness (QED) is 0.843. The van der Waals surface area contributed by atoms with E-state index in [0.29, 0.717) is 0 Å². The van der Waals surface area contributed by atoms with Crippen LogP contribution in [0.2, 0.25) is 0 Å². The lowest BCUT2D eigenvalue weighted by atomic mass is 9.93. The molecular weight excluding hydrogens is 212 g/mol. The van der Waals surface area contributed by atoms with Crippen molar-refractivity contribution >= 4 is 11.5 Å². The Hall–Kier alpha value is -1.19. The van der Waals surface area contributed by atoms with E-state index in [2.05, 4.69) is 29.6 Å². The van der Waals surface area contributed by atoms with Crippen molar-refractivity contribution in [2.75, 3.05) is 17.2 Å². The Morgan fingerprint density at radius 1 is 1.47 bits per heavy atom. The molecule has 4 heteroatoms. The first-order chi connectivity index (χ1) is 8.14. The molecule has 0 spiro atoms. The van der Waals surface area contributed by atoms with Gasteiger partial charge in [-0.3, -0.25) is 4.68 Å². The Morgan fingerprint density at radius 3 is 2.88 bits per heavy atom. The smallest absolute Gasteiger partial charge is 0.148 e. The molecule has 17 heavy (non-hydrogen) atoms. The minimum absolute atomic E-state index is 0.213. The highest BCUT2D eigenvalue weighted by molar-refractivity contribution is 5.72. The Morgan fingerprint density at radius 2 is 2.24 bits per heavy atom. The van der Waals surface area contributed by atoms with E-state index in [9.17, 15) is 0 Å². The van der Waals surface area contributed by atoms with E-state index in [4.69, 9.17) is 0 Å². The summed E-state index contributed by atoms with van der Waals surface area (Å²) in [5.74, 6) is 2.00. The van der Waals surface area contributed by atoms with Gasteiger partial charge in [0.2, 0.25) is 0 Å². The molecule has 1 fully saturated rings. The number of nitrogens with zero attached hydrogens (tertiary/aromatic N) is 2. The molecule has 2 aliphatic rings. The second-order valence-electron chi connectivity index (χ2n) is 5.71. The normalized spacial score (nSPS) is 27.2. The third-order valence-corrected chi connectivity index (χ3v) is 4.12. The highest BCUT2D eigenvalue weighted by Gasteiger charge is 2.44. The summed E-state index contributed by atoms with van der Waals surface area (Å²) in [6.45, 7) is 5.55. The fourth-order valence-electron chi connectivity index (χ4n) is 2.87. The van der Waals surface area contributed by atoms with Crippen molar-refractivity contribution in [2.45, 2.75) is 45.1 Å². The molecule has 1 saturated carbocycles. The summed E-state index contributed by atoms with van der Waals surface area (Å²) in [7, 11) is 2.03. The van der Waals surface area contributed by atoms with Crippen LogP contribution in [0.3, 0.4) is 0 Å². The van der Waals surface area contributed by atoms with Crippen molar-refractivity contribution in [2.24, 2.45) is 13.0 Å². The fourth-order valence-corrected chi connectivity index (χ4v) is 2.87. The third-order valence-electron chi connectivity index (χ3n) is 4.12. The van der Waals surface area contributed by atoms with Crippen molar-refractivity contribution in [3.8, 4) is 0 Å². The van der Waals surface area contributed by atoms with Crippen LogP contribution in [-0.4, -0.2) is 21.9 Å². The maximum atomic E-state index is 4.62. The van der Waals surface area contributed by atoms with E-state index < -0.39 is 0 Å². The predicted octanol–water partition coefficient (Wildman–Crippen LogP) is 2.38. The molecule has 3 rings (SSSR count). The van der Waals surface area contributed by atoms with Crippen molar-refractivity contribution in [1.29, 1.82) is 0 Å². The number of hydrogen-bond acceptors (Lipinski definition) is 3. The van der Waals surface area contributed by atoms with Crippen LogP contribution in [-0.2, 0) is 13.5 Å². The molecule has 0 radical (unpaired) electrons. The van der Waals surface area contributed by atoms with Crippen LogP contribution in [0.25, 0.3) is 0 Å². The lowest BCUT2D eigenvalue weighted by Crippen LogP contribution is -2.47. The molecule has 94 valence electrons. The number of hydrogen-bond donors (Lipinski definition) is 2. The number of aryl methyl sites for hydroxylation is 2. The lowest BCUT2D eigenvalue weighted by Gasteiger charge is -2.37. The van der Waals surface area contributed by atoms with Crippen LogP contribution < -0.4 is 10.6 Å². The zero-order valence-corrected chi connectivity index (χ0v) is 11.0. The van der Waals surface area contributed by atoms with Crippen molar-refractivity contribution in [1.82, 2.24) is 9.78 Å². The average Bonchev–Trinajstić information content (AvgIpc) is 3.09. The van der Waals surface area contributed by atoms with Gasteiger partial charge >= 0.3 is 0 Å². The minimum Gasteiger partial charge on any atom is -0.378 e. The summed E-state index contributed by atoms with van der Waals surface area (Å²) in [6.07, 6.45) is 4.92. The highest BCUT2D eigenvalue weighted by Crippen LogP contribution is 2.45. The Kier molecular flexibility index (Phi) is 2.35. The molecule has 0 aromatic carbocycles. The second kappa shape index (κ2) is 3.65. The van der Waals surface area contributed by atoms with Gasteiger partial charge < -0.3 is 10.6 Å². The van der Waals surface area contributed by atoms with E-state index in [0.717, 1.165) is 25.3 Å². The fraction of sp³-hybridized carbons (Fsp3) is 0.769. The lowest BCUT2D eigenvalue weighted by molar-refractivity contribution is 0.460. The number of anilines is 2. The molecule has 4 nitrogen and oxygen atoms in total. The van der Waals surface area contributed by atoms with Crippen molar-refractivity contribution in [3.63, 3.8) is 0 Å². The van der Waals surface area contributed by atoms with Crippen LogP contribution >= 0.6 is 0 Å². The van der Waals surface area contributed by atoms with E-state index >= 15 is 0 Å². The Balaban J connectivity index is 1.91. The molecule has 1 atom stereocenters. The van der Waals surface area contributed by atoms with Gasteiger partial charge in [0, 0.05) is 13.6 Å². The van der Waals surface area contributed by atoms with Gasteiger partial charge in [-0.25, -0.2) is 0 Å². The van der Waals surface area contributed by atoms with Crippen LogP contribution in [0.1, 0.15) is 38.8 Å². The van der Waals surface area contributed by atoms with Crippen molar-refractivity contribution < 1.29 is 0 Å². The van der Waals surface area contributed by atoms with E-state index in [1.165, 1.54) is 30.0 Å². The van der Waals surface area contributed by atoms with Crippen LogP contribution in [0.4, 0.5) is 11.5 Å². The number of fused-ring (bicyclic) bond motifs is 1. The molecule has 0 saturated heterocycles. The van der Waals surface area contributed by atoms with E-state index in [1.54, 1.807) is 0 Å². The standard InChI is InChI=1S/C13H22N4/c1-4-5-10-11-12(17(3)16-10)15-13(2,8-14-11)9-6-7-9/h9,14-15H,4-8H2,1-3H3. The molecule has 2 N–H and O–H groups in total. The molecule has 0 bridgehead atoms. The molecule has 0 amide bonds. The van der Waals surface area contributed by atoms with E-state index in [-0.39, 0.29) is 5.54 Å². The van der Waals surface area contributed by atoms with Gasteiger partial charge in [0.15, 0.2) is 0 Å². The van der Waals surface area contributed by atoms with Gasteiger partial charge in [0.1, 0.15) is 11.5 Å². The van der Waals surface area contributed by atoms with Gasteiger partial charge in [-0.05, 0) is 32.1 Å². The van der Waals surface area contributed by atoms with Gasteiger partial charge in [-0.1, -0.05) is 13.3 Å². The van der Waals surface area contributed by atoms with Crippen LogP contribution in [0.15, 0.2) is 0 Å². The number of rotatable bonds is 3. The SMILES string of the molecule is CCCc1nn(C)c2c1NCC(C)(C1CC1)N2. The molecule has 1 aliphatic heterocycles. The number of aromatic nitrogens is 2. The second-order valence-corrected chi connectivity index (χ2v) is 5.71. The molecule has 1 aromatic rings. The molecule has 1 aromatic heterocycles. The summed E-state index contributed by atoms with van der Waals surface area (Å²) in [6, 6.07) is 0. The number of nitrogens with one attached hydrogen (secondary N) is 2. The van der Waals surface area contributed by atoms with Crippen LogP contribution in [0.5, 0.6) is 0 Å². The maximum absolute atomic E-state index is 4.62. The summed E-state index contributed by atoms with van der Waals surface area (Å²) in [5.41, 5.74) is 2.65. The topological polar surface area (TPSA) is 41.9 Å². The summed E-state index contributed by atoms with van der Waals surface area (Å²) in [5, 5.41) is 11.9. The van der Waals surface area contributed by atoms with Gasteiger partial charge in [0.05, 0.1) is 11.2 Å². The monoisotopic (exact) mass is 234 g/mol. The summed E-state index contributed by atoms with van der Waals surface area (Å²) < 4.78 is 1.99. The zero-order chi connectivity index (χ0) is 12.0. The van der Waals surface area contributed by atoms with Gasteiger partial charge in [-0.2, -0.15) is 5.10 Å². The Bertz CT molecular complexity index is 433. The first-order valence-corrected chi connectivity index (χ1v) is 6.72. The average molecular weight is 234 g/mol. The predicted molar refractivity (Wildman–Crippen MR) is 70.4 cm³/mol. The van der Waals surface area contributed by atoms with Gasteiger partial charge in [-0.15, -0.1) is 0 Å². The maximum Gasteiger partial charge on any atom is 0.148 e. The third kappa shape index (κ3) is 1.70. The first-order valence-electron chi connectivity index (χ1n) is 6.72. The van der Waals surface area contributed by atoms with Gasteiger partial charge in [0.25, 0.3) is 0 Å². The largest absolute Gasteiger partial charge is 0.378 e. The van der Waals surface area contributed by atoms with E-state index in [1.807, 2.05) is 11.7 Å². The molecular formula is C13H22N4. The first kappa shape index (κ1) is 10.9. The minimum atomic E-state index is 0.213. The zero-order valence-electron chi connectivity index (χ0n) is 11.0. The highest BCUT2D eigenvalue weighted by atomic mass is 15.4. The van der Waals surface area contributed by atoms with Crippen LogP contribution in [0, 0.1) is 5.92 Å². The molecule has 1 unspecified atom stereocenters. The Labute approximate surface area is 103 Å². The summed E-state index contributed by atoms with van der Waals surface area (Å²) >= 11 is 0.